The minimum atomic E-state index is -1.87. The van der Waals surface area contributed by atoms with E-state index in [4.69, 9.17) is 23.4 Å². The molecule has 5 rings (SSSR count). The summed E-state index contributed by atoms with van der Waals surface area (Å²) in [6.45, 7) is -1.10. The van der Waals surface area contributed by atoms with Crippen LogP contribution >= 0.6 is 0 Å². The number of aliphatic hydroxyl groups is 7. The largest absolute Gasteiger partial charge is 0.508 e. The predicted molar refractivity (Wildman–Crippen MR) is 134 cm³/mol. The van der Waals surface area contributed by atoms with Gasteiger partial charge in [-0.15, -0.1) is 0 Å². The van der Waals surface area contributed by atoms with Gasteiger partial charge >= 0.3 is 0 Å². The van der Waals surface area contributed by atoms with Crippen molar-refractivity contribution in [3.63, 3.8) is 0 Å². The molecule has 0 bridgehead atoms. The summed E-state index contributed by atoms with van der Waals surface area (Å²) in [5, 5.41) is 90.0. The van der Waals surface area contributed by atoms with Gasteiger partial charge in [0.15, 0.2) is 5.76 Å². The van der Waals surface area contributed by atoms with Gasteiger partial charge in [0, 0.05) is 17.7 Å². The van der Waals surface area contributed by atoms with E-state index in [-0.39, 0.29) is 35.0 Å². The molecule has 0 amide bonds. The lowest BCUT2D eigenvalue weighted by Crippen LogP contribution is -2.60. The minimum Gasteiger partial charge on any atom is -0.508 e. The number of benzene rings is 2. The molecule has 0 unspecified atom stereocenters. The molecule has 1 aromatic heterocycles. The van der Waals surface area contributed by atoms with Gasteiger partial charge < -0.3 is 69.3 Å². The van der Waals surface area contributed by atoms with Gasteiger partial charge in [-0.1, -0.05) is 0 Å². The van der Waals surface area contributed by atoms with Crippen LogP contribution in [0.25, 0.3) is 22.3 Å². The topological polar surface area (TPSA) is 249 Å². The summed E-state index contributed by atoms with van der Waals surface area (Å²) in [5.41, 5.74) is -1.00. The molecule has 9 atom stereocenters. The Bertz CT molecular complexity index is 1440. The van der Waals surface area contributed by atoms with Gasteiger partial charge in [0.2, 0.25) is 23.8 Å². The van der Waals surface area contributed by atoms with Crippen LogP contribution in [0, 0.1) is 0 Å². The van der Waals surface area contributed by atoms with Crippen LogP contribution in [0.2, 0.25) is 0 Å². The van der Waals surface area contributed by atoms with Crippen molar-refractivity contribution >= 4 is 11.0 Å². The van der Waals surface area contributed by atoms with Gasteiger partial charge in [-0.2, -0.15) is 0 Å². The number of phenolic OH excluding ortho intramolecular Hbond substituents is 2. The zero-order valence-corrected chi connectivity index (χ0v) is 21.0. The van der Waals surface area contributed by atoms with Gasteiger partial charge in [0.1, 0.15) is 70.9 Å². The summed E-state index contributed by atoms with van der Waals surface area (Å²) in [6.07, 6.45) is -14.5. The fourth-order valence-electron chi connectivity index (χ4n) is 4.53. The summed E-state index contributed by atoms with van der Waals surface area (Å²) in [6, 6.07) is 7.51. The van der Waals surface area contributed by atoms with Crippen molar-refractivity contribution in [2.75, 3.05) is 13.2 Å². The minimum absolute atomic E-state index is 0.111. The molecule has 0 aliphatic carbocycles. The monoisotopic (exact) mass is 580 g/mol. The first-order valence-corrected chi connectivity index (χ1v) is 12.4. The number of phenols is 2. The van der Waals surface area contributed by atoms with Gasteiger partial charge in [-0.3, -0.25) is 4.79 Å². The highest BCUT2D eigenvalue weighted by Crippen LogP contribution is 2.38. The standard InChI is InChI=1S/C26H28O15/c27-7-15-18(32)20(34)22(36)26(40-15)41-24-19(33)16-12(29)5-11(38-25-21(35)17(31)13(30)8-37-25)6-14(16)39-23(24)9-1-3-10(28)4-2-9/h1-6,13,15,17-18,20-22,25-32,34-36H,7-8H2/t13-,15+,17+,18+,20+,21+,22+,25-,26-/m0/s1. The highest BCUT2D eigenvalue weighted by molar-refractivity contribution is 5.88. The first kappa shape index (κ1) is 29.0. The summed E-state index contributed by atoms with van der Waals surface area (Å²) in [7, 11) is 0. The summed E-state index contributed by atoms with van der Waals surface area (Å²) in [5.74, 6) is -1.76. The Kier molecular flexibility index (Phi) is 8.06. The summed E-state index contributed by atoms with van der Waals surface area (Å²) >= 11 is 0. The number of aromatic hydroxyl groups is 2. The van der Waals surface area contributed by atoms with Crippen LogP contribution in [0.5, 0.6) is 23.0 Å². The van der Waals surface area contributed by atoms with E-state index in [1.807, 2.05) is 0 Å². The van der Waals surface area contributed by atoms with E-state index in [1.165, 1.54) is 30.3 Å². The maximum absolute atomic E-state index is 13.7. The Morgan fingerprint density at radius 3 is 2.20 bits per heavy atom. The Labute approximate surface area is 230 Å². The molecule has 2 aliphatic rings. The average Bonchev–Trinajstić information content (AvgIpc) is 2.95. The Morgan fingerprint density at radius 1 is 0.829 bits per heavy atom. The lowest BCUT2D eigenvalue weighted by atomic mass is 9.99. The second-order valence-corrected chi connectivity index (χ2v) is 9.64. The van der Waals surface area contributed by atoms with Crippen molar-refractivity contribution in [3.8, 4) is 34.3 Å². The molecule has 41 heavy (non-hydrogen) atoms. The lowest BCUT2D eigenvalue weighted by Gasteiger charge is -2.39. The smallest absolute Gasteiger partial charge is 0.239 e. The van der Waals surface area contributed by atoms with Crippen LogP contribution in [0.3, 0.4) is 0 Å². The number of rotatable bonds is 6. The van der Waals surface area contributed by atoms with E-state index in [1.54, 1.807) is 0 Å². The normalized spacial score (nSPS) is 32.1. The third-order valence-corrected chi connectivity index (χ3v) is 6.82. The quantitative estimate of drug-likeness (QED) is 0.151. The number of ether oxygens (including phenoxy) is 4. The number of aliphatic hydroxyl groups excluding tert-OH is 7. The van der Waals surface area contributed by atoms with Gasteiger partial charge in [0.05, 0.1) is 13.2 Å². The molecule has 2 fully saturated rings. The van der Waals surface area contributed by atoms with Crippen molar-refractivity contribution in [2.45, 2.75) is 55.3 Å². The van der Waals surface area contributed by atoms with Crippen LogP contribution in [0.4, 0.5) is 0 Å². The van der Waals surface area contributed by atoms with E-state index in [0.717, 1.165) is 6.07 Å². The lowest BCUT2D eigenvalue weighted by molar-refractivity contribution is -0.277. The summed E-state index contributed by atoms with van der Waals surface area (Å²) < 4.78 is 27.7. The van der Waals surface area contributed by atoms with Gasteiger partial charge in [-0.05, 0) is 24.3 Å². The molecular weight excluding hydrogens is 552 g/mol. The van der Waals surface area contributed by atoms with Crippen LogP contribution in [-0.2, 0) is 9.47 Å². The number of hydrogen-bond donors (Lipinski definition) is 9. The zero-order chi connectivity index (χ0) is 29.6. The molecular formula is C26H28O15. The van der Waals surface area contributed by atoms with Crippen molar-refractivity contribution in [1.82, 2.24) is 0 Å². The fraction of sp³-hybridized carbons (Fsp3) is 0.423. The van der Waals surface area contributed by atoms with Crippen molar-refractivity contribution in [1.29, 1.82) is 0 Å². The van der Waals surface area contributed by atoms with E-state index in [2.05, 4.69) is 0 Å². The second kappa shape index (κ2) is 11.4. The third-order valence-electron chi connectivity index (χ3n) is 6.82. The number of fused-ring (bicyclic) bond motifs is 1. The van der Waals surface area contributed by atoms with Crippen LogP contribution in [-0.4, -0.2) is 114 Å². The van der Waals surface area contributed by atoms with E-state index >= 15 is 0 Å². The predicted octanol–water partition coefficient (Wildman–Crippen LogP) is -2.13. The van der Waals surface area contributed by atoms with Crippen molar-refractivity contribution < 1.29 is 69.3 Å². The molecule has 9 N–H and O–H groups in total. The van der Waals surface area contributed by atoms with Crippen LogP contribution in [0.1, 0.15) is 0 Å². The molecule has 2 saturated heterocycles. The number of hydrogen-bond acceptors (Lipinski definition) is 15. The van der Waals surface area contributed by atoms with E-state index in [0.29, 0.717) is 0 Å². The molecule has 0 radical (unpaired) electrons. The highest BCUT2D eigenvalue weighted by atomic mass is 16.7. The molecule has 3 heterocycles. The molecule has 15 nitrogen and oxygen atoms in total. The van der Waals surface area contributed by atoms with Gasteiger partial charge in [-0.25, -0.2) is 0 Å². The summed E-state index contributed by atoms with van der Waals surface area (Å²) in [4.78, 5) is 13.7. The van der Waals surface area contributed by atoms with E-state index < -0.39 is 84.2 Å². The molecule has 15 heteroatoms. The first-order valence-electron chi connectivity index (χ1n) is 12.4. The molecule has 0 spiro atoms. The Balaban J connectivity index is 1.58. The Morgan fingerprint density at radius 2 is 1.51 bits per heavy atom. The first-order chi connectivity index (χ1) is 19.5. The SMILES string of the molecule is O=c1c(O[C@@H]2O[C@H](CO)[C@@H](O)[C@@H](O)[C@H]2O)c(-c2ccc(O)cc2)oc2cc(O[C@@H]3OC[C@H](O)[C@@H](O)[C@H]3O)cc(O)c12. The third kappa shape index (κ3) is 5.42. The fourth-order valence-corrected chi connectivity index (χ4v) is 4.53. The molecule has 2 aliphatic heterocycles. The molecule has 3 aromatic rings. The zero-order valence-electron chi connectivity index (χ0n) is 21.0. The second-order valence-electron chi connectivity index (χ2n) is 9.64. The average molecular weight is 580 g/mol. The maximum atomic E-state index is 13.7. The van der Waals surface area contributed by atoms with Crippen molar-refractivity contribution in [2.24, 2.45) is 0 Å². The maximum Gasteiger partial charge on any atom is 0.239 e. The Hall–Kier alpha value is -3.51. The molecule has 0 saturated carbocycles. The van der Waals surface area contributed by atoms with E-state index in [9.17, 15) is 50.8 Å². The van der Waals surface area contributed by atoms with Gasteiger partial charge in [0.25, 0.3) is 0 Å². The molecule has 222 valence electrons. The van der Waals surface area contributed by atoms with Crippen LogP contribution < -0.4 is 14.9 Å². The molecule has 2 aromatic carbocycles. The van der Waals surface area contributed by atoms with Crippen LogP contribution in [0.15, 0.2) is 45.6 Å². The highest BCUT2D eigenvalue weighted by Gasteiger charge is 2.45. The van der Waals surface area contributed by atoms with Crippen molar-refractivity contribution in [3.05, 3.63) is 46.6 Å².